The van der Waals surface area contributed by atoms with Gasteiger partial charge in [-0.25, -0.2) is 0 Å². The van der Waals surface area contributed by atoms with Gasteiger partial charge in [0, 0.05) is 11.5 Å². The summed E-state index contributed by atoms with van der Waals surface area (Å²) in [5.74, 6) is 0.702. The number of hydrogen-bond donors (Lipinski definition) is 0. The lowest BCUT2D eigenvalue weighted by Gasteiger charge is -2.20. The smallest absolute Gasteiger partial charge is 0.488 e. The lowest BCUT2D eigenvalue weighted by atomic mass is 10.0. The van der Waals surface area contributed by atoms with Crippen molar-refractivity contribution in [3.05, 3.63) is 48.0 Å². The van der Waals surface area contributed by atoms with E-state index in [9.17, 15) is 13.2 Å². The Morgan fingerprint density at radius 2 is 1.67 bits per heavy atom. The summed E-state index contributed by atoms with van der Waals surface area (Å²) in [5.41, 5.74) is 1.24. The molecule has 2 aromatic carbocycles. The molecule has 0 N–H and O–H groups in total. The fraction of sp³-hybridized carbons (Fsp3) is 0.417. The van der Waals surface area contributed by atoms with Crippen molar-refractivity contribution < 1.29 is 27.1 Å². The van der Waals surface area contributed by atoms with Gasteiger partial charge in [-0.1, -0.05) is 25.8 Å². The van der Waals surface area contributed by atoms with Crippen LogP contribution in [0.2, 0.25) is 0 Å². The van der Waals surface area contributed by atoms with Crippen LogP contribution in [-0.2, 0) is 6.42 Å². The van der Waals surface area contributed by atoms with E-state index < -0.39 is 6.36 Å². The zero-order valence-electron chi connectivity index (χ0n) is 17.7. The number of fused-ring (bicyclic) bond motifs is 1. The number of aryl methyl sites for hydroxylation is 1. The second-order valence-electron chi connectivity index (χ2n) is 8.36. The van der Waals surface area contributed by atoms with Crippen molar-refractivity contribution in [2.45, 2.75) is 65.3 Å². The van der Waals surface area contributed by atoms with Crippen molar-refractivity contribution in [3.63, 3.8) is 0 Å². The molecule has 0 amide bonds. The first-order chi connectivity index (χ1) is 14.0. The first-order valence-corrected chi connectivity index (χ1v) is 10.2. The summed E-state index contributed by atoms with van der Waals surface area (Å²) < 4.78 is 55.1. The summed E-state index contributed by atoms with van der Waals surface area (Å²) >= 11 is 0. The fourth-order valence-electron chi connectivity index (χ4n) is 3.28. The Bertz CT molecular complexity index is 997. The molecule has 1 heterocycles. The summed E-state index contributed by atoms with van der Waals surface area (Å²) in [6.45, 7) is 7.90. The Morgan fingerprint density at radius 3 is 2.33 bits per heavy atom. The normalized spacial score (nSPS) is 12.4. The molecule has 0 unspecified atom stereocenters. The molecular weight excluding hydrogens is 393 g/mol. The van der Waals surface area contributed by atoms with Crippen molar-refractivity contribution in [2.24, 2.45) is 0 Å². The van der Waals surface area contributed by atoms with E-state index in [-0.39, 0.29) is 16.9 Å². The van der Waals surface area contributed by atoms with Gasteiger partial charge in [-0.3, -0.25) is 0 Å². The molecule has 162 valence electrons. The maximum atomic E-state index is 13.0. The minimum atomic E-state index is -4.78. The van der Waals surface area contributed by atoms with Crippen molar-refractivity contribution in [1.29, 1.82) is 0 Å². The van der Waals surface area contributed by atoms with Crippen LogP contribution in [0, 0.1) is 0 Å². The summed E-state index contributed by atoms with van der Waals surface area (Å²) in [6, 6.07) is 12.0. The van der Waals surface area contributed by atoms with Crippen LogP contribution in [0.1, 0.15) is 52.5 Å². The SMILES string of the molecule is CCCCCc1ccc(-c2cc3ccc(OC(C)(C)C)cc3o2)c(OC(F)(F)F)c1. The molecule has 0 saturated carbocycles. The average Bonchev–Trinajstić information content (AvgIpc) is 3.02. The van der Waals surface area contributed by atoms with Crippen LogP contribution in [-0.4, -0.2) is 12.0 Å². The highest BCUT2D eigenvalue weighted by Gasteiger charge is 2.33. The monoisotopic (exact) mass is 420 g/mol. The number of furan rings is 1. The number of alkyl halides is 3. The first kappa shape index (κ1) is 22.1. The lowest BCUT2D eigenvalue weighted by molar-refractivity contribution is -0.274. The van der Waals surface area contributed by atoms with Crippen LogP contribution in [0.25, 0.3) is 22.3 Å². The van der Waals surface area contributed by atoms with Gasteiger partial charge < -0.3 is 13.9 Å². The quantitative estimate of drug-likeness (QED) is 0.364. The van der Waals surface area contributed by atoms with Crippen molar-refractivity contribution in [2.75, 3.05) is 0 Å². The van der Waals surface area contributed by atoms with E-state index in [4.69, 9.17) is 9.15 Å². The highest BCUT2D eigenvalue weighted by Crippen LogP contribution is 2.38. The Labute approximate surface area is 174 Å². The van der Waals surface area contributed by atoms with Gasteiger partial charge in [0.15, 0.2) is 0 Å². The van der Waals surface area contributed by atoms with Crippen molar-refractivity contribution >= 4 is 11.0 Å². The first-order valence-electron chi connectivity index (χ1n) is 10.2. The maximum absolute atomic E-state index is 13.0. The van der Waals surface area contributed by atoms with E-state index in [1.165, 1.54) is 6.07 Å². The Kier molecular flexibility index (Phi) is 6.34. The largest absolute Gasteiger partial charge is 0.573 e. The third kappa shape index (κ3) is 5.94. The molecule has 0 fully saturated rings. The molecule has 0 aliphatic rings. The molecule has 3 aromatic rings. The predicted octanol–water partition coefficient (Wildman–Crippen LogP) is 7.91. The van der Waals surface area contributed by atoms with Gasteiger partial charge in [-0.05, 0) is 69.5 Å². The molecule has 0 aliphatic heterocycles. The standard InChI is InChI=1S/C24H27F3O3/c1-5-6-7-8-16-9-12-19(22(13-16)30-24(25,26)27)21-14-17-10-11-18(15-20(17)28-21)29-23(2,3)4/h9-15H,5-8H2,1-4H3. The number of benzene rings is 2. The number of halogens is 3. The van der Waals surface area contributed by atoms with Crippen LogP contribution < -0.4 is 9.47 Å². The molecular formula is C24H27F3O3. The molecule has 30 heavy (non-hydrogen) atoms. The third-order valence-corrected chi connectivity index (χ3v) is 4.52. The molecule has 6 heteroatoms. The van der Waals surface area contributed by atoms with Gasteiger partial charge in [0.2, 0.25) is 0 Å². The maximum Gasteiger partial charge on any atom is 0.573 e. The Balaban J connectivity index is 1.97. The van der Waals surface area contributed by atoms with Crippen LogP contribution >= 0.6 is 0 Å². The number of hydrogen-bond acceptors (Lipinski definition) is 3. The molecule has 1 aromatic heterocycles. The zero-order chi connectivity index (χ0) is 21.9. The molecule has 0 radical (unpaired) electrons. The van der Waals surface area contributed by atoms with Crippen LogP contribution in [0.4, 0.5) is 13.2 Å². The molecule has 0 saturated heterocycles. The molecule has 0 aliphatic carbocycles. The summed E-state index contributed by atoms with van der Waals surface area (Å²) in [7, 11) is 0. The second kappa shape index (κ2) is 8.62. The number of rotatable bonds is 7. The van der Waals surface area contributed by atoms with Crippen LogP contribution in [0.5, 0.6) is 11.5 Å². The van der Waals surface area contributed by atoms with Crippen LogP contribution in [0.3, 0.4) is 0 Å². The van der Waals surface area contributed by atoms with E-state index in [0.29, 0.717) is 23.5 Å². The number of unbranched alkanes of at least 4 members (excludes halogenated alkanes) is 2. The molecule has 0 spiro atoms. The summed E-state index contributed by atoms with van der Waals surface area (Å²) in [4.78, 5) is 0. The minimum Gasteiger partial charge on any atom is -0.488 e. The van der Waals surface area contributed by atoms with Crippen molar-refractivity contribution in [3.8, 4) is 22.8 Å². The van der Waals surface area contributed by atoms with Gasteiger partial charge in [0.05, 0.1) is 5.56 Å². The predicted molar refractivity (Wildman–Crippen MR) is 112 cm³/mol. The molecule has 0 atom stereocenters. The average molecular weight is 420 g/mol. The van der Waals surface area contributed by atoms with E-state index in [2.05, 4.69) is 11.7 Å². The van der Waals surface area contributed by atoms with Gasteiger partial charge in [-0.15, -0.1) is 13.2 Å². The summed E-state index contributed by atoms with van der Waals surface area (Å²) in [6.07, 6.45) is -1.08. The molecule has 0 bridgehead atoms. The van der Waals surface area contributed by atoms with E-state index >= 15 is 0 Å². The second-order valence-corrected chi connectivity index (χ2v) is 8.36. The van der Waals surface area contributed by atoms with Crippen molar-refractivity contribution in [1.82, 2.24) is 0 Å². The highest BCUT2D eigenvalue weighted by atomic mass is 19.4. The molecule has 3 rings (SSSR count). The van der Waals surface area contributed by atoms with E-state index in [1.54, 1.807) is 18.2 Å². The molecule has 3 nitrogen and oxygen atoms in total. The topological polar surface area (TPSA) is 31.6 Å². The van der Waals surface area contributed by atoms with Gasteiger partial charge in [-0.2, -0.15) is 0 Å². The Morgan fingerprint density at radius 1 is 0.900 bits per heavy atom. The zero-order valence-corrected chi connectivity index (χ0v) is 17.7. The summed E-state index contributed by atoms with van der Waals surface area (Å²) in [5, 5.41) is 0.774. The number of ether oxygens (including phenoxy) is 2. The van der Waals surface area contributed by atoms with Crippen LogP contribution in [0.15, 0.2) is 46.9 Å². The minimum absolute atomic E-state index is 0.248. The van der Waals surface area contributed by atoms with Gasteiger partial charge in [0.1, 0.15) is 28.4 Å². The van der Waals surface area contributed by atoms with E-state index in [0.717, 1.165) is 30.2 Å². The van der Waals surface area contributed by atoms with Gasteiger partial charge in [0.25, 0.3) is 0 Å². The van der Waals surface area contributed by atoms with Gasteiger partial charge >= 0.3 is 6.36 Å². The Hall–Kier alpha value is -2.63. The van der Waals surface area contributed by atoms with E-state index in [1.807, 2.05) is 39.0 Å². The fourth-order valence-corrected chi connectivity index (χ4v) is 3.28. The lowest BCUT2D eigenvalue weighted by Crippen LogP contribution is -2.22. The third-order valence-electron chi connectivity index (χ3n) is 4.52. The highest BCUT2D eigenvalue weighted by molar-refractivity contribution is 5.85.